The first-order valence-electron chi connectivity index (χ1n) is 8.72. The molecule has 1 saturated heterocycles. The van der Waals surface area contributed by atoms with E-state index in [0.717, 1.165) is 10.0 Å². The summed E-state index contributed by atoms with van der Waals surface area (Å²) >= 11 is 3.27. The number of nitrogens with one attached hydrogen (secondary N) is 2. The largest absolute Gasteiger partial charge is 0.359 e. The first kappa shape index (κ1) is 21.4. The van der Waals surface area contributed by atoms with E-state index in [1.165, 1.54) is 16.4 Å². The van der Waals surface area contributed by atoms with E-state index >= 15 is 0 Å². The number of rotatable bonds is 6. The maximum absolute atomic E-state index is 12.8. The van der Waals surface area contributed by atoms with Crippen molar-refractivity contribution in [3.63, 3.8) is 0 Å². The Labute approximate surface area is 176 Å². The predicted molar refractivity (Wildman–Crippen MR) is 107 cm³/mol. The normalized spacial score (nSPS) is 17.1. The van der Waals surface area contributed by atoms with Gasteiger partial charge in [-0.15, -0.1) is 0 Å². The van der Waals surface area contributed by atoms with E-state index in [-0.39, 0.29) is 31.1 Å². The molecule has 29 heavy (non-hydrogen) atoms. The van der Waals surface area contributed by atoms with Crippen molar-refractivity contribution in [2.24, 2.45) is 0 Å². The summed E-state index contributed by atoms with van der Waals surface area (Å²) in [6.07, 6.45) is 2.28. The molecule has 1 aromatic carbocycles. The number of sulfonamides is 1. The number of pyridine rings is 1. The van der Waals surface area contributed by atoms with Crippen molar-refractivity contribution in [2.75, 3.05) is 19.7 Å². The second-order valence-electron chi connectivity index (χ2n) is 6.14. The highest BCUT2D eigenvalue weighted by molar-refractivity contribution is 9.10. The Bertz CT molecular complexity index is 970. The Morgan fingerprint density at radius 2 is 1.76 bits per heavy atom. The number of aromatic nitrogens is 1. The van der Waals surface area contributed by atoms with Crippen LogP contribution in [-0.4, -0.2) is 55.4 Å². The van der Waals surface area contributed by atoms with Crippen molar-refractivity contribution in [1.82, 2.24) is 19.9 Å². The number of carbonyl (C=O) groups is 2. The van der Waals surface area contributed by atoms with Gasteiger partial charge in [0, 0.05) is 30.0 Å². The molecule has 2 N–H and O–H groups in total. The van der Waals surface area contributed by atoms with Gasteiger partial charge in [0.2, 0.25) is 10.0 Å². The van der Waals surface area contributed by atoms with Crippen molar-refractivity contribution >= 4 is 37.8 Å². The number of halogens is 1. The van der Waals surface area contributed by atoms with Crippen LogP contribution in [-0.2, 0) is 30.9 Å². The lowest BCUT2D eigenvalue weighted by atomic mass is 10.3. The van der Waals surface area contributed by atoms with Crippen molar-refractivity contribution in [2.45, 2.75) is 17.7 Å². The monoisotopic (exact) mass is 482 g/mol. The molecule has 3 rings (SSSR count). The minimum absolute atomic E-state index is 0.123. The number of hydrogen-bond acceptors (Lipinski definition) is 6. The van der Waals surface area contributed by atoms with Gasteiger partial charge in [-0.3, -0.25) is 14.6 Å². The zero-order valence-corrected chi connectivity index (χ0v) is 17.6. The molecule has 0 saturated carbocycles. The lowest BCUT2D eigenvalue weighted by Gasteiger charge is -2.22. The van der Waals surface area contributed by atoms with Crippen molar-refractivity contribution in [1.29, 1.82) is 0 Å². The molecule has 1 fully saturated rings. The van der Waals surface area contributed by atoms with Crippen LogP contribution in [0.3, 0.4) is 0 Å². The standard InChI is InChI=1S/C18H19BrN4O5S/c19-14-1-3-15(4-2-14)29(26,27)23-9-10-28-16(23)12-22-18(25)17(24)21-11-13-5-7-20-8-6-13/h1-8,16H,9-12H2,(H,21,24)(H,22,25)/t16-/m0/s1. The zero-order chi connectivity index (χ0) is 20.9. The van der Waals surface area contributed by atoms with Crippen molar-refractivity contribution < 1.29 is 22.7 Å². The van der Waals surface area contributed by atoms with Gasteiger partial charge in [-0.1, -0.05) is 15.9 Å². The van der Waals surface area contributed by atoms with Gasteiger partial charge < -0.3 is 15.4 Å². The molecule has 1 aliphatic rings. The predicted octanol–water partition coefficient (Wildman–Crippen LogP) is 0.624. The number of carbonyl (C=O) groups excluding carboxylic acids is 2. The van der Waals surface area contributed by atoms with Crippen LogP contribution < -0.4 is 10.6 Å². The minimum Gasteiger partial charge on any atom is -0.359 e. The Morgan fingerprint density at radius 1 is 1.10 bits per heavy atom. The summed E-state index contributed by atoms with van der Waals surface area (Å²) < 4.78 is 33.0. The number of hydrogen-bond donors (Lipinski definition) is 2. The number of ether oxygens (including phenoxy) is 1. The van der Waals surface area contributed by atoms with Crippen LogP contribution in [0.4, 0.5) is 0 Å². The molecule has 9 nitrogen and oxygen atoms in total. The topological polar surface area (TPSA) is 118 Å². The molecule has 0 bridgehead atoms. The highest BCUT2D eigenvalue weighted by atomic mass is 79.9. The second-order valence-corrected chi connectivity index (χ2v) is 8.95. The fourth-order valence-electron chi connectivity index (χ4n) is 2.71. The lowest BCUT2D eigenvalue weighted by molar-refractivity contribution is -0.139. The van der Waals surface area contributed by atoms with Gasteiger partial charge in [0.1, 0.15) is 6.23 Å². The molecule has 0 aliphatic carbocycles. The summed E-state index contributed by atoms with van der Waals surface area (Å²) in [4.78, 5) is 28.0. The van der Waals surface area contributed by atoms with E-state index < -0.39 is 28.1 Å². The molecular weight excluding hydrogens is 464 g/mol. The molecule has 0 spiro atoms. The zero-order valence-electron chi connectivity index (χ0n) is 15.2. The van der Waals surface area contributed by atoms with Crippen molar-refractivity contribution in [3.8, 4) is 0 Å². The van der Waals surface area contributed by atoms with Crippen LogP contribution >= 0.6 is 15.9 Å². The van der Waals surface area contributed by atoms with Crippen molar-refractivity contribution in [3.05, 3.63) is 58.8 Å². The fraction of sp³-hybridized carbons (Fsp3) is 0.278. The summed E-state index contributed by atoms with van der Waals surface area (Å²) in [7, 11) is -3.79. The molecule has 1 aliphatic heterocycles. The number of amides is 2. The number of benzene rings is 1. The van der Waals surface area contributed by atoms with Gasteiger partial charge in [0.25, 0.3) is 0 Å². The molecular formula is C18H19BrN4O5S. The Morgan fingerprint density at radius 3 is 2.45 bits per heavy atom. The molecule has 2 heterocycles. The Kier molecular flexibility index (Phi) is 6.96. The smallest absolute Gasteiger partial charge is 0.309 e. The first-order valence-corrected chi connectivity index (χ1v) is 10.9. The van der Waals surface area contributed by atoms with Gasteiger partial charge in [-0.2, -0.15) is 4.31 Å². The van der Waals surface area contributed by atoms with Gasteiger partial charge in [-0.25, -0.2) is 8.42 Å². The summed E-state index contributed by atoms with van der Waals surface area (Å²) in [5.41, 5.74) is 0.798. The maximum Gasteiger partial charge on any atom is 0.309 e. The highest BCUT2D eigenvalue weighted by Crippen LogP contribution is 2.23. The second kappa shape index (κ2) is 9.44. The average Bonchev–Trinajstić information content (AvgIpc) is 3.21. The first-order chi connectivity index (χ1) is 13.9. The fourth-order valence-corrected chi connectivity index (χ4v) is 4.48. The number of nitrogens with zero attached hydrogens (tertiary/aromatic N) is 2. The van der Waals surface area contributed by atoms with Crippen LogP contribution in [0.15, 0.2) is 58.2 Å². The Balaban J connectivity index is 1.55. The SMILES string of the molecule is O=C(NCc1ccncc1)C(=O)NC[C@@H]1OCCN1S(=O)(=O)c1ccc(Br)cc1. The quantitative estimate of drug-likeness (QED) is 0.582. The third-order valence-corrected chi connectivity index (χ3v) is 6.64. The van der Waals surface area contributed by atoms with Crippen LogP contribution in [0.2, 0.25) is 0 Å². The van der Waals surface area contributed by atoms with E-state index in [9.17, 15) is 18.0 Å². The molecule has 0 unspecified atom stereocenters. The molecule has 0 radical (unpaired) electrons. The minimum atomic E-state index is -3.79. The summed E-state index contributed by atoms with van der Waals surface area (Å²) in [5.74, 6) is -1.68. The van der Waals surface area contributed by atoms with Gasteiger partial charge in [-0.05, 0) is 42.0 Å². The lowest BCUT2D eigenvalue weighted by Crippen LogP contribution is -2.47. The van der Waals surface area contributed by atoms with E-state index in [4.69, 9.17) is 4.74 Å². The molecule has 1 atom stereocenters. The summed E-state index contributed by atoms with van der Waals surface area (Å²) in [6, 6.07) is 9.67. The summed E-state index contributed by atoms with van der Waals surface area (Å²) in [5, 5.41) is 4.91. The molecule has 154 valence electrons. The molecule has 1 aromatic heterocycles. The van der Waals surface area contributed by atoms with E-state index in [0.29, 0.717) is 0 Å². The maximum atomic E-state index is 12.8. The van der Waals surface area contributed by atoms with Crippen LogP contribution in [0.1, 0.15) is 5.56 Å². The molecule has 2 aromatic rings. The summed E-state index contributed by atoms with van der Waals surface area (Å²) in [6.45, 7) is 0.397. The average molecular weight is 483 g/mol. The van der Waals surface area contributed by atoms with E-state index in [1.807, 2.05) is 0 Å². The Hall–Kier alpha value is -2.34. The van der Waals surface area contributed by atoms with E-state index in [2.05, 4.69) is 31.5 Å². The van der Waals surface area contributed by atoms with Crippen LogP contribution in [0, 0.1) is 0 Å². The third-order valence-electron chi connectivity index (χ3n) is 4.21. The highest BCUT2D eigenvalue weighted by Gasteiger charge is 2.36. The van der Waals surface area contributed by atoms with Gasteiger partial charge in [0.05, 0.1) is 18.0 Å². The molecule has 2 amide bonds. The van der Waals surface area contributed by atoms with Gasteiger partial charge in [0.15, 0.2) is 0 Å². The van der Waals surface area contributed by atoms with E-state index in [1.54, 1.807) is 36.7 Å². The molecule has 11 heteroatoms. The van der Waals surface area contributed by atoms with Crippen LogP contribution in [0.25, 0.3) is 0 Å². The van der Waals surface area contributed by atoms with Gasteiger partial charge >= 0.3 is 11.8 Å². The third kappa shape index (κ3) is 5.38. The van der Waals surface area contributed by atoms with Crippen LogP contribution in [0.5, 0.6) is 0 Å².